The van der Waals surface area contributed by atoms with Crippen molar-refractivity contribution in [1.29, 1.82) is 0 Å². The predicted molar refractivity (Wildman–Crippen MR) is 59.8 cm³/mol. The molecular weight excluding hydrogens is 306 g/mol. The molecule has 2 N–H and O–H groups in total. The van der Waals surface area contributed by atoms with Crippen LogP contribution >= 0.6 is 27.3 Å². The fourth-order valence-electron chi connectivity index (χ4n) is 0.896. The summed E-state index contributed by atoms with van der Waals surface area (Å²) in [6.45, 7) is 1.91. The van der Waals surface area contributed by atoms with Crippen LogP contribution in [-0.4, -0.2) is 26.0 Å². The molecule has 1 aromatic rings. The number of nitrogens with one attached hydrogen (secondary N) is 1. The first-order valence-corrected chi connectivity index (χ1v) is 7.00. The highest BCUT2D eigenvalue weighted by Crippen LogP contribution is 2.31. The second-order valence-electron chi connectivity index (χ2n) is 2.55. The molecule has 5 nitrogen and oxygen atoms in total. The fourth-order valence-corrected chi connectivity index (χ4v) is 4.49. The van der Waals surface area contributed by atoms with E-state index in [4.69, 9.17) is 5.11 Å². The maximum Gasteiger partial charge on any atom is 0.345 e. The second kappa shape index (κ2) is 4.60. The Morgan fingerprint density at radius 2 is 2.27 bits per heavy atom. The summed E-state index contributed by atoms with van der Waals surface area (Å²) in [5.41, 5.74) is 0. The summed E-state index contributed by atoms with van der Waals surface area (Å²) in [5, 5.41) is 8.69. The zero-order chi connectivity index (χ0) is 11.6. The number of aromatic carboxylic acids is 1. The van der Waals surface area contributed by atoms with E-state index in [-0.39, 0.29) is 20.1 Å². The van der Waals surface area contributed by atoms with Gasteiger partial charge in [-0.15, -0.1) is 11.3 Å². The molecule has 0 bridgehead atoms. The van der Waals surface area contributed by atoms with Crippen LogP contribution in [0.1, 0.15) is 16.6 Å². The first-order chi connectivity index (χ1) is 6.88. The van der Waals surface area contributed by atoms with Gasteiger partial charge >= 0.3 is 5.97 Å². The highest BCUT2D eigenvalue weighted by Gasteiger charge is 2.22. The zero-order valence-corrected chi connectivity index (χ0v) is 10.9. The third-order valence-corrected chi connectivity index (χ3v) is 5.80. The van der Waals surface area contributed by atoms with Crippen molar-refractivity contribution in [2.75, 3.05) is 6.54 Å². The molecule has 0 aliphatic rings. The quantitative estimate of drug-likeness (QED) is 0.882. The number of carbonyl (C=O) groups is 1. The smallest absolute Gasteiger partial charge is 0.345 e. The van der Waals surface area contributed by atoms with Crippen molar-refractivity contribution in [3.8, 4) is 0 Å². The van der Waals surface area contributed by atoms with Gasteiger partial charge in [0.15, 0.2) is 0 Å². The van der Waals surface area contributed by atoms with Crippen LogP contribution in [0.5, 0.6) is 0 Å². The Morgan fingerprint density at radius 1 is 1.67 bits per heavy atom. The molecule has 1 rings (SSSR count). The Bertz CT molecular complexity index is 479. The number of carboxylic acid groups (broad SMARTS) is 1. The fraction of sp³-hybridized carbons (Fsp3) is 0.286. The van der Waals surface area contributed by atoms with Gasteiger partial charge < -0.3 is 5.11 Å². The summed E-state index contributed by atoms with van der Waals surface area (Å²) >= 11 is 3.74. The number of sulfonamides is 1. The van der Waals surface area contributed by atoms with Crippen LogP contribution in [0.3, 0.4) is 0 Å². The van der Waals surface area contributed by atoms with Gasteiger partial charge in [0.05, 0.1) is 0 Å². The van der Waals surface area contributed by atoms with Gasteiger partial charge in [0.25, 0.3) is 10.0 Å². The van der Waals surface area contributed by atoms with Crippen LogP contribution in [0, 0.1) is 0 Å². The molecule has 1 heterocycles. The lowest BCUT2D eigenvalue weighted by Crippen LogP contribution is -2.22. The first kappa shape index (κ1) is 12.6. The summed E-state index contributed by atoms with van der Waals surface area (Å²) in [4.78, 5) is 10.6. The van der Waals surface area contributed by atoms with E-state index in [1.54, 1.807) is 6.92 Å². The van der Waals surface area contributed by atoms with Gasteiger partial charge in [-0.25, -0.2) is 17.9 Å². The molecule has 0 atom stereocenters. The lowest BCUT2D eigenvalue weighted by atomic mass is 10.5. The molecule has 0 spiro atoms. The number of carboxylic acids is 1. The standard InChI is InChI=1S/C7H8BrNO4S2/c1-2-9-15(12,13)7-4(8)3-5(14-7)6(10)11/h3,9H,2H2,1H3,(H,10,11). The maximum absolute atomic E-state index is 11.6. The second-order valence-corrected chi connectivity index (χ2v) is 6.42. The van der Waals surface area contributed by atoms with E-state index in [0.29, 0.717) is 0 Å². The Morgan fingerprint density at radius 3 is 2.67 bits per heavy atom. The third-order valence-electron chi connectivity index (χ3n) is 1.44. The van der Waals surface area contributed by atoms with Crippen LogP contribution in [0.2, 0.25) is 0 Å². The molecule has 84 valence electrons. The SMILES string of the molecule is CCNS(=O)(=O)c1sc(C(=O)O)cc1Br. The lowest BCUT2D eigenvalue weighted by Gasteiger charge is -2.00. The van der Waals surface area contributed by atoms with Crippen molar-refractivity contribution in [2.45, 2.75) is 11.1 Å². The van der Waals surface area contributed by atoms with Crippen LogP contribution in [0.4, 0.5) is 0 Å². The van der Waals surface area contributed by atoms with Crippen LogP contribution < -0.4 is 4.72 Å². The molecule has 8 heteroatoms. The molecule has 0 saturated heterocycles. The van der Waals surface area contributed by atoms with Gasteiger partial charge in [-0.3, -0.25) is 0 Å². The summed E-state index contributed by atoms with van der Waals surface area (Å²) in [5.74, 6) is -1.14. The van der Waals surface area contributed by atoms with E-state index in [0.717, 1.165) is 11.3 Å². The normalized spacial score (nSPS) is 11.6. The minimum atomic E-state index is -3.60. The Labute approximate surface area is 99.3 Å². The monoisotopic (exact) mass is 313 g/mol. The number of halogens is 1. The first-order valence-electron chi connectivity index (χ1n) is 3.90. The van der Waals surface area contributed by atoms with Crippen molar-refractivity contribution in [1.82, 2.24) is 4.72 Å². The summed E-state index contributed by atoms with van der Waals surface area (Å²) in [6, 6.07) is 1.28. The van der Waals surface area contributed by atoms with Crippen LogP contribution in [0.25, 0.3) is 0 Å². The van der Waals surface area contributed by atoms with Gasteiger partial charge in [0.2, 0.25) is 0 Å². The van der Waals surface area contributed by atoms with Crippen LogP contribution in [-0.2, 0) is 10.0 Å². The van der Waals surface area contributed by atoms with Crippen molar-refractivity contribution < 1.29 is 18.3 Å². The maximum atomic E-state index is 11.6. The van der Waals surface area contributed by atoms with Crippen molar-refractivity contribution in [3.05, 3.63) is 15.4 Å². The minimum absolute atomic E-state index is 0.0123. The lowest BCUT2D eigenvalue weighted by molar-refractivity contribution is 0.0702. The van der Waals surface area contributed by atoms with Gasteiger partial charge in [0.1, 0.15) is 9.09 Å². The Hall–Kier alpha value is -0.440. The molecule has 15 heavy (non-hydrogen) atoms. The van der Waals surface area contributed by atoms with Gasteiger partial charge in [0, 0.05) is 11.0 Å². The molecule has 1 aromatic heterocycles. The molecule has 0 aliphatic carbocycles. The number of rotatable bonds is 4. The molecule has 0 amide bonds. The van der Waals surface area contributed by atoms with E-state index in [9.17, 15) is 13.2 Å². The Kier molecular flexibility index (Phi) is 3.87. The molecule has 0 fully saturated rings. The topological polar surface area (TPSA) is 83.5 Å². The molecule has 0 unspecified atom stereocenters. The van der Waals surface area contributed by atoms with E-state index < -0.39 is 16.0 Å². The highest BCUT2D eigenvalue weighted by molar-refractivity contribution is 9.10. The van der Waals surface area contributed by atoms with E-state index in [2.05, 4.69) is 20.7 Å². The summed E-state index contributed by atoms with van der Waals surface area (Å²) in [7, 11) is -3.60. The Balaban J connectivity index is 3.21. The van der Waals surface area contributed by atoms with Gasteiger partial charge in [-0.2, -0.15) is 0 Å². The number of hydrogen-bond acceptors (Lipinski definition) is 4. The minimum Gasteiger partial charge on any atom is -0.477 e. The highest BCUT2D eigenvalue weighted by atomic mass is 79.9. The summed E-state index contributed by atoms with van der Waals surface area (Å²) in [6.07, 6.45) is 0. The van der Waals surface area contributed by atoms with Crippen molar-refractivity contribution in [3.63, 3.8) is 0 Å². The predicted octanol–water partition coefficient (Wildman–Crippen LogP) is 1.51. The van der Waals surface area contributed by atoms with E-state index in [1.165, 1.54) is 6.07 Å². The number of thiophene rings is 1. The largest absolute Gasteiger partial charge is 0.477 e. The van der Waals surface area contributed by atoms with E-state index in [1.807, 2.05) is 0 Å². The third kappa shape index (κ3) is 2.77. The van der Waals surface area contributed by atoms with Crippen molar-refractivity contribution in [2.24, 2.45) is 0 Å². The molecule has 0 aliphatic heterocycles. The average molecular weight is 314 g/mol. The van der Waals surface area contributed by atoms with Crippen LogP contribution in [0.15, 0.2) is 14.7 Å². The molecular formula is C7H8BrNO4S2. The van der Waals surface area contributed by atoms with Gasteiger partial charge in [-0.05, 0) is 22.0 Å². The molecule has 0 saturated carbocycles. The molecule has 0 aromatic carbocycles. The molecule has 0 radical (unpaired) electrons. The zero-order valence-electron chi connectivity index (χ0n) is 7.65. The summed E-state index contributed by atoms with van der Waals surface area (Å²) < 4.78 is 25.7. The van der Waals surface area contributed by atoms with Gasteiger partial charge in [-0.1, -0.05) is 6.92 Å². The average Bonchev–Trinajstić information content (AvgIpc) is 2.47. The van der Waals surface area contributed by atoms with Crippen molar-refractivity contribution >= 4 is 43.3 Å². The number of hydrogen-bond donors (Lipinski definition) is 2. The van der Waals surface area contributed by atoms with E-state index >= 15 is 0 Å².